The van der Waals surface area contributed by atoms with Gasteiger partial charge in [0, 0.05) is 0 Å². The average Bonchev–Trinajstić information content (AvgIpc) is 2.05. The van der Waals surface area contributed by atoms with Crippen LogP contribution in [0.5, 0.6) is 0 Å². The summed E-state index contributed by atoms with van der Waals surface area (Å²) in [5.74, 6) is 5.23. The molecule has 4 heteroatoms. The molecule has 0 aliphatic heterocycles. The van der Waals surface area contributed by atoms with Gasteiger partial charge in [-0.3, -0.25) is 0 Å². The lowest BCUT2D eigenvalue weighted by molar-refractivity contribution is 0.155. The Morgan fingerprint density at radius 2 is 2.38 bits per heavy atom. The molecule has 0 heterocycles. The second-order valence-corrected chi connectivity index (χ2v) is 2.54. The largest absolute Gasteiger partial charge is 0.436 e. The number of rotatable bonds is 4. The lowest BCUT2D eigenvalue weighted by atomic mass is 10.3. The molecule has 1 amide bonds. The Morgan fingerprint density at radius 1 is 1.69 bits per heavy atom. The predicted molar refractivity (Wildman–Crippen MR) is 50.8 cm³/mol. The van der Waals surface area contributed by atoms with Crippen LogP contribution in [-0.2, 0) is 4.74 Å². The molecular formula is C9H16N2O2. The van der Waals surface area contributed by atoms with Gasteiger partial charge in [-0.15, -0.1) is 5.92 Å². The van der Waals surface area contributed by atoms with Crippen molar-refractivity contribution < 1.29 is 9.53 Å². The van der Waals surface area contributed by atoms with Gasteiger partial charge >= 0.3 is 6.09 Å². The summed E-state index contributed by atoms with van der Waals surface area (Å²) in [5, 5.41) is 2.49. The van der Waals surface area contributed by atoms with Crippen LogP contribution >= 0.6 is 0 Å². The smallest absolute Gasteiger partial charge is 0.409 e. The summed E-state index contributed by atoms with van der Waals surface area (Å²) in [4.78, 5) is 10.9. The van der Waals surface area contributed by atoms with Crippen LogP contribution in [0, 0.1) is 11.8 Å². The molecule has 0 spiro atoms. The molecule has 0 fully saturated rings. The van der Waals surface area contributed by atoms with Crippen molar-refractivity contribution in [2.45, 2.75) is 32.9 Å². The molecule has 0 saturated carbocycles. The minimum atomic E-state index is -0.510. The fraction of sp³-hybridized carbons (Fsp3) is 0.667. The highest BCUT2D eigenvalue weighted by Gasteiger charge is 2.05. The number of ether oxygens (including phenoxy) is 1. The van der Waals surface area contributed by atoms with Gasteiger partial charge in [0.1, 0.15) is 0 Å². The van der Waals surface area contributed by atoms with Gasteiger partial charge in [-0.2, -0.15) is 0 Å². The Bertz CT molecular complexity index is 205. The molecule has 0 aromatic rings. The lowest BCUT2D eigenvalue weighted by Gasteiger charge is -2.11. The van der Waals surface area contributed by atoms with Gasteiger partial charge in [0.25, 0.3) is 0 Å². The summed E-state index contributed by atoms with van der Waals surface area (Å²) in [5.41, 5.74) is 5.54. The fourth-order valence-corrected chi connectivity index (χ4v) is 0.750. The quantitative estimate of drug-likeness (QED) is 0.502. The van der Waals surface area contributed by atoms with E-state index in [9.17, 15) is 4.79 Å². The highest BCUT2D eigenvalue weighted by atomic mass is 16.5. The van der Waals surface area contributed by atoms with E-state index < -0.39 is 6.09 Å². The van der Waals surface area contributed by atoms with Crippen molar-refractivity contribution in [2.75, 3.05) is 6.61 Å². The van der Waals surface area contributed by atoms with Crippen LogP contribution in [0.4, 0.5) is 4.79 Å². The third kappa shape index (κ3) is 7.16. The Morgan fingerprint density at radius 3 is 2.92 bits per heavy atom. The maximum Gasteiger partial charge on any atom is 0.409 e. The third-order valence-corrected chi connectivity index (χ3v) is 1.36. The first-order valence-corrected chi connectivity index (χ1v) is 4.29. The van der Waals surface area contributed by atoms with Crippen LogP contribution in [0.3, 0.4) is 0 Å². The maximum atomic E-state index is 10.9. The molecule has 4 nitrogen and oxygen atoms in total. The topological polar surface area (TPSA) is 64.3 Å². The second kappa shape index (κ2) is 7.44. The molecule has 0 aromatic carbocycles. The number of hydrogen-bond donors (Lipinski definition) is 2. The van der Waals surface area contributed by atoms with Gasteiger partial charge in [0.2, 0.25) is 0 Å². The van der Waals surface area contributed by atoms with E-state index in [4.69, 9.17) is 10.5 Å². The van der Waals surface area contributed by atoms with Crippen LogP contribution < -0.4 is 11.1 Å². The van der Waals surface area contributed by atoms with E-state index in [0.717, 1.165) is 12.8 Å². The molecule has 74 valence electrons. The van der Waals surface area contributed by atoms with Crippen molar-refractivity contribution >= 4 is 6.09 Å². The van der Waals surface area contributed by atoms with Crippen LogP contribution in [0.15, 0.2) is 0 Å². The Hall–Kier alpha value is -1.21. The molecule has 3 N–H and O–H groups in total. The van der Waals surface area contributed by atoms with E-state index in [1.807, 2.05) is 6.92 Å². The number of nitrogens with two attached hydrogens (primary N) is 1. The number of carbonyl (C=O) groups excluding carboxylic acids is 1. The number of carbonyl (C=O) groups is 1. The molecule has 0 aliphatic rings. The van der Waals surface area contributed by atoms with Gasteiger partial charge in [-0.25, -0.2) is 4.79 Å². The first-order chi connectivity index (χ1) is 6.20. The second-order valence-electron chi connectivity index (χ2n) is 2.54. The van der Waals surface area contributed by atoms with E-state index in [1.165, 1.54) is 0 Å². The van der Waals surface area contributed by atoms with Crippen molar-refractivity contribution in [2.24, 2.45) is 5.73 Å². The standard InChI is InChI=1S/C9H16N2O2/c1-3-5-7-13-9(12)11-8(10)6-4-2/h8H,4,6-7,10H2,1-2H3,(H,11,12). The zero-order chi connectivity index (χ0) is 10.1. The fourth-order valence-electron chi connectivity index (χ4n) is 0.750. The molecule has 0 rings (SSSR count). The minimum absolute atomic E-state index is 0.112. The van der Waals surface area contributed by atoms with Gasteiger partial charge < -0.3 is 15.8 Å². The van der Waals surface area contributed by atoms with E-state index in [-0.39, 0.29) is 12.8 Å². The zero-order valence-electron chi connectivity index (χ0n) is 8.09. The van der Waals surface area contributed by atoms with Crippen molar-refractivity contribution in [3.63, 3.8) is 0 Å². The van der Waals surface area contributed by atoms with Crippen LogP contribution in [0.25, 0.3) is 0 Å². The van der Waals surface area contributed by atoms with Gasteiger partial charge in [0.15, 0.2) is 6.61 Å². The number of alkyl carbamates (subject to hydrolysis) is 1. The van der Waals surface area contributed by atoms with Crippen molar-refractivity contribution in [1.29, 1.82) is 0 Å². The van der Waals surface area contributed by atoms with E-state index in [0.29, 0.717) is 0 Å². The minimum Gasteiger partial charge on any atom is -0.436 e. The number of amides is 1. The van der Waals surface area contributed by atoms with Crippen LogP contribution in [0.1, 0.15) is 26.7 Å². The summed E-state index contributed by atoms with van der Waals surface area (Å²) < 4.78 is 4.70. The van der Waals surface area contributed by atoms with Crippen LogP contribution in [0.2, 0.25) is 0 Å². The van der Waals surface area contributed by atoms with Gasteiger partial charge in [-0.05, 0) is 13.3 Å². The summed E-state index contributed by atoms with van der Waals surface area (Å²) in [6.07, 6.45) is 0.834. The maximum absolute atomic E-state index is 10.9. The molecule has 0 radical (unpaired) electrons. The van der Waals surface area contributed by atoms with E-state index in [2.05, 4.69) is 17.2 Å². The summed E-state index contributed by atoms with van der Waals surface area (Å²) >= 11 is 0. The Balaban J connectivity index is 3.53. The number of hydrogen-bond acceptors (Lipinski definition) is 3. The Kier molecular flexibility index (Phi) is 6.75. The van der Waals surface area contributed by atoms with Crippen molar-refractivity contribution in [3.05, 3.63) is 0 Å². The van der Waals surface area contributed by atoms with Gasteiger partial charge in [0.05, 0.1) is 6.17 Å². The monoisotopic (exact) mass is 184 g/mol. The summed E-state index contributed by atoms with van der Waals surface area (Å²) in [7, 11) is 0. The average molecular weight is 184 g/mol. The highest BCUT2D eigenvalue weighted by molar-refractivity contribution is 5.67. The lowest BCUT2D eigenvalue weighted by Crippen LogP contribution is -2.41. The number of nitrogens with one attached hydrogen (secondary N) is 1. The zero-order valence-corrected chi connectivity index (χ0v) is 8.09. The summed E-state index contributed by atoms with van der Waals surface area (Å²) in [6, 6.07) is 0. The molecule has 1 atom stereocenters. The Labute approximate surface area is 78.8 Å². The molecular weight excluding hydrogens is 168 g/mol. The van der Waals surface area contributed by atoms with Crippen molar-refractivity contribution in [3.8, 4) is 11.8 Å². The molecule has 0 bridgehead atoms. The predicted octanol–water partition coefficient (Wildman–Crippen LogP) is 0.821. The van der Waals surface area contributed by atoms with E-state index in [1.54, 1.807) is 6.92 Å². The van der Waals surface area contributed by atoms with Crippen LogP contribution in [-0.4, -0.2) is 18.9 Å². The first kappa shape index (κ1) is 11.8. The summed E-state index contributed by atoms with van der Waals surface area (Å²) in [6.45, 7) is 3.79. The molecule has 0 aliphatic carbocycles. The van der Waals surface area contributed by atoms with Gasteiger partial charge in [-0.1, -0.05) is 19.3 Å². The molecule has 13 heavy (non-hydrogen) atoms. The molecule has 1 unspecified atom stereocenters. The normalized spacial score (nSPS) is 11.0. The van der Waals surface area contributed by atoms with E-state index >= 15 is 0 Å². The SMILES string of the molecule is CC#CCOC(=O)NC(N)CCC. The molecule has 0 aromatic heterocycles. The first-order valence-electron chi connectivity index (χ1n) is 4.29. The highest BCUT2D eigenvalue weighted by Crippen LogP contribution is 1.89. The third-order valence-electron chi connectivity index (χ3n) is 1.36. The van der Waals surface area contributed by atoms with Crippen molar-refractivity contribution in [1.82, 2.24) is 5.32 Å². The molecule has 0 saturated heterocycles.